The van der Waals surface area contributed by atoms with E-state index in [9.17, 15) is 9.90 Å². The Morgan fingerprint density at radius 3 is 2.50 bits per heavy atom. The third-order valence-electron chi connectivity index (χ3n) is 7.20. The fraction of sp³-hybridized carbons (Fsp3) is 0.233. The van der Waals surface area contributed by atoms with Crippen LogP contribution in [-0.2, 0) is 6.54 Å². The van der Waals surface area contributed by atoms with Gasteiger partial charge in [-0.3, -0.25) is 4.98 Å². The molecule has 0 saturated carbocycles. The molecule has 4 aromatic rings. The van der Waals surface area contributed by atoms with Crippen molar-refractivity contribution >= 4 is 23.3 Å². The molecule has 7 nitrogen and oxygen atoms in total. The van der Waals surface area contributed by atoms with Crippen molar-refractivity contribution in [1.82, 2.24) is 19.8 Å². The quantitative estimate of drug-likeness (QED) is 0.300. The molecule has 0 amide bonds. The third-order valence-corrected chi connectivity index (χ3v) is 7.55. The minimum absolute atomic E-state index is 0.123. The van der Waals surface area contributed by atoms with Gasteiger partial charge in [0, 0.05) is 29.8 Å². The van der Waals surface area contributed by atoms with Crippen LogP contribution in [0, 0.1) is 20.8 Å². The normalized spacial score (nSPS) is 16.9. The minimum Gasteiger partial charge on any atom is -0.497 e. The van der Waals surface area contributed by atoms with E-state index >= 15 is 0 Å². The highest BCUT2D eigenvalue weighted by molar-refractivity contribution is 7.80. The van der Waals surface area contributed by atoms with Gasteiger partial charge in [-0.25, -0.2) is 4.79 Å². The number of carboxylic acid groups (broad SMARTS) is 1. The molecular weight excluding hydrogens is 496 g/mol. The number of aromatic nitrogens is 2. The molecule has 3 heterocycles. The van der Waals surface area contributed by atoms with Gasteiger partial charge in [-0.05, 0) is 92.1 Å². The number of rotatable bonds is 7. The molecule has 38 heavy (non-hydrogen) atoms. The number of aromatic carboxylic acids is 1. The number of carboxylic acids is 1. The van der Waals surface area contributed by atoms with Crippen LogP contribution in [0.1, 0.15) is 56.2 Å². The predicted octanol–water partition coefficient (Wildman–Crippen LogP) is 5.68. The maximum atomic E-state index is 11.7. The number of nitrogens with one attached hydrogen (secondary N) is 1. The van der Waals surface area contributed by atoms with Crippen LogP contribution in [0.5, 0.6) is 5.75 Å². The Labute approximate surface area is 227 Å². The van der Waals surface area contributed by atoms with Crippen LogP contribution < -0.4 is 10.1 Å². The summed E-state index contributed by atoms with van der Waals surface area (Å²) in [6.45, 7) is 6.74. The molecule has 0 spiro atoms. The zero-order valence-electron chi connectivity index (χ0n) is 21.8. The minimum atomic E-state index is -0.944. The molecule has 1 aliphatic heterocycles. The molecule has 8 heteroatoms. The van der Waals surface area contributed by atoms with Gasteiger partial charge in [0.05, 0.1) is 30.5 Å². The van der Waals surface area contributed by atoms with E-state index in [1.54, 1.807) is 25.4 Å². The molecule has 1 aliphatic rings. The monoisotopic (exact) mass is 526 g/mol. The second-order valence-electron chi connectivity index (χ2n) is 9.57. The molecular formula is C30H30N4O3S. The lowest BCUT2D eigenvalue weighted by atomic mass is 9.96. The number of hydrogen-bond acceptors (Lipinski definition) is 4. The highest BCUT2D eigenvalue weighted by Gasteiger charge is 2.41. The Hall–Kier alpha value is -4.17. The van der Waals surface area contributed by atoms with Gasteiger partial charge < -0.3 is 24.6 Å². The first kappa shape index (κ1) is 25.5. The van der Waals surface area contributed by atoms with Crippen molar-refractivity contribution in [2.75, 3.05) is 7.11 Å². The van der Waals surface area contributed by atoms with Gasteiger partial charge in [0.15, 0.2) is 5.11 Å². The fourth-order valence-corrected chi connectivity index (χ4v) is 5.59. The van der Waals surface area contributed by atoms with E-state index in [1.807, 2.05) is 50.2 Å². The number of aryl methyl sites for hydroxylation is 2. The first-order valence-corrected chi connectivity index (χ1v) is 12.8. The maximum absolute atomic E-state index is 11.7. The molecule has 0 unspecified atom stereocenters. The Kier molecular flexibility index (Phi) is 6.91. The van der Waals surface area contributed by atoms with E-state index in [1.165, 1.54) is 0 Å². The van der Waals surface area contributed by atoms with Crippen LogP contribution in [0.25, 0.3) is 5.69 Å². The predicted molar refractivity (Wildman–Crippen MR) is 151 cm³/mol. The summed E-state index contributed by atoms with van der Waals surface area (Å²) in [6.07, 6.45) is 1.80. The molecule has 2 aromatic carbocycles. The second-order valence-corrected chi connectivity index (χ2v) is 9.96. The first-order chi connectivity index (χ1) is 18.3. The van der Waals surface area contributed by atoms with Crippen molar-refractivity contribution < 1.29 is 14.6 Å². The standard InChI is InChI=1S/C30H30N4O3S/c1-18-8-11-22(29(35)36)16-26(18)34-19(2)15-24(20(34)3)28-27(25-7-5-6-14-31-25)32-30(38)33(28)17-21-9-12-23(37-4)13-10-21/h5-16,27-28H,17H2,1-4H3,(H,32,38)(H,35,36)/t27-,28-/m1/s1. The van der Waals surface area contributed by atoms with E-state index in [0.717, 1.165) is 45.2 Å². The highest BCUT2D eigenvalue weighted by atomic mass is 32.1. The summed E-state index contributed by atoms with van der Waals surface area (Å²) in [6, 6.07) is 21.1. The number of ether oxygens (including phenoxy) is 1. The van der Waals surface area contributed by atoms with E-state index in [-0.39, 0.29) is 17.6 Å². The molecule has 194 valence electrons. The number of hydrogen-bond donors (Lipinski definition) is 2. The molecule has 2 aromatic heterocycles. The van der Waals surface area contributed by atoms with Crippen LogP contribution in [0.4, 0.5) is 0 Å². The summed E-state index contributed by atoms with van der Waals surface area (Å²) in [5, 5.41) is 13.8. The summed E-state index contributed by atoms with van der Waals surface area (Å²) in [7, 11) is 1.66. The summed E-state index contributed by atoms with van der Waals surface area (Å²) < 4.78 is 7.47. The van der Waals surface area contributed by atoms with Crippen LogP contribution in [0.3, 0.4) is 0 Å². The summed E-state index contributed by atoms with van der Waals surface area (Å²) in [5.74, 6) is -0.138. The molecule has 2 N–H and O–H groups in total. The average molecular weight is 527 g/mol. The van der Waals surface area contributed by atoms with Gasteiger partial charge in [0.1, 0.15) is 5.75 Å². The van der Waals surface area contributed by atoms with Gasteiger partial charge in [-0.1, -0.05) is 24.3 Å². The van der Waals surface area contributed by atoms with Crippen molar-refractivity contribution in [1.29, 1.82) is 0 Å². The lowest BCUT2D eigenvalue weighted by Gasteiger charge is -2.28. The number of benzene rings is 2. The van der Waals surface area contributed by atoms with Crippen LogP contribution >= 0.6 is 12.2 Å². The van der Waals surface area contributed by atoms with Crippen molar-refractivity contribution in [2.45, 2.75) is 39.4 Å². The van der Waals surface area contributed by atoms with Gasteiger partial charge >= 0.3 is 5.97 Å². The lowest BCUT2D eigenvalue weighted by molar-refractivity contribution is 0.0697. The molecule has 0 bridgehead atoms. The molecule has 1 fully saturated rings. The van der Waals surface area contributed by atoms with Crippen molar-refractivity contribution in [3.05, 3.63) is 112 Å². The van der Waals surface area contributed by atoms with E-state index in [2.05, 4.69) is 44.9 Å². The Morgan fingerprint density at radius 1 is 1.08 bits per heavy atom. The van der Waals surface area contributed by atoms with E-state index < -0.39 is 5.97 Å². The van der Waals surface area contributed by atoms with E-state index in [4.69, 9.17) is 17.0 Å². The van der Waals surface area contributed by atoms with Crippen molar-refractivity contribution in [3.63, 3.8) is 0 Å². The van der Waals surface area contributed by atoms with Gasteiger partial charge in [0.2, 0.25) is 0 Å². The SMILES string of the molecule is COc1ccc(CN2C(=S)N[C@H](c3ccccn3)[C@H]2c2cc(C)n(-c3cc(C(=O)O)ccc3C)c2C)cc1. The summed E-state index contributed by atoms with van der Waals surface area (Å²) >= 11 is 5.88. The topological polar surface area (TPSA) is 79.6 Å². The zero-order valence-corrected chi connectivity index (χ0v) is 22.6. The van der Waals surface area contributed by atoms with Gasteiger partial charge in [-0.2, -0.15) is 0 Å². The molecule has 2 atom stereocenters. The number of nitrogens with zero attached hydrogens (tertiary/aromatic N) is 3. The maximum Gasteiger partial charge on any atom is 0.335 e. The third kappa shape index (κ3) is 4.63. The fourth-order valence-electron chi connectivity index (χ4n) is 5.28. The number of thiocarbonyl (C=S) groups is 1. The number of pyridine rings is 1. The van der Waals surface area contributed by atoms with Crippen LogP contribution in [-0.4, -0.2) is 37.7 Å². The molecule has 0 aliphatic carbocycles. The molecule has 1 saturated heterocycles. The van der Waals surface area contributed by atoms with Crippen LogP contribution in [0.15, 0.2) is 72.9 Å². The Morgan fingerprint density at radius 2 is 1.84 bits per heavy atom. The molecule has 0 radical (unpaired) electrons. The molecule has 5 rings (SSSR count). The van der Waals surface area contributed by atoms with Gasteiger partial charge in [0.25, 0.3) is 0 Å². The number of carbonyl (C=O) groups is 1. The van der Waals surface area contributed by atoms with Crippen molar-refractivity contribution in [2.24, 2.45) is 0 Å². The van der Waals surface area contributed by atoms with E-state index in [0.29, 0.717) is 11.7 Å². The highest BCUT2D eigenvalue weighted by Crippen LogP contribution is 2.42. The summed E-state index contributed by atoms with van der Waals surface area (Å²) in [4.78, 5) is 18.6. The van der Waals surface area contributed by atoms with Crippen molar-refractivity contribution in [3.8, 4) is 11.4 Å². The summed E-state index contributed by atoms with van der Waals surface area (Å²) in [5.41, 5.74) is 7.30. The lowest BCUT2D eigenvalue weighted by Crippen LogP contribution is -2.29. The number of methoxy groups -OCH3 is 1. The smallest absolute Gasteiger partial charge is 0.335 e. The Bertz CT molecular complexity index is 1500. The first-order valence-electron chi connectivity index (χ1n) is 12.4. The van der Waals surface area contributed by atoms with Gasteiger partial charge in [-0.15, -0.1) is 0 Å². The van der Waals surface area contributed by atoms with Crippen LogP contribution in [0.2, 0.25) is 0 Å². The average Bonchev–Trinajstić information content (AvgIpc) is 3.39. The zero-order chi connectivity index (χ0) is 27.0. The largest absolute Gasteiger partial charge is 0.497 e. The second kappa shape index (κ2) is 10.3. The Balaban J connectivity index is 1.62.